The van der Waals surface area contributed by atoms with Crippen molar-refractivity contribution in [3.05, 3.63) is 30.1 Å². The second-order valence-electron chi connectivity index (χ2n) is 7.09. The van der Waals surface area contributed by atoms with Gasteiger partial charge in [-0.3, -0.25) is 9.78 Å². The number of nitrogens with one attached hydrogen (secondary N) is 1. The fourth-order valence-electron chi connectivity index (χ4n) is 3.12. The van der Waals surface area contributed by atoms with Crippen LogP contribution in [0.15, 0.2) is 24.5 Å². The summed E-state index contributed by atoms with van der Waals surface area (Å²) >= 11 is 0. The molecule has 26 heavy (non-hydrogen) atoms. The van der Waals surface area contributed by atoms with E-state index in [9.17, 15) is 4.79 Å². The predicted molar refractivity (Wildman–Crippen MR) is 117 cm³/mol. The van der Waals surface area contributed by atoms with Crippen LogP contribution in [0, 0.1) is 0 Å². The Morgan fingerprint density at radius 2 is 1.35 bits per heavy atom. The van der Waals surface area contributed by atoms with Crippen LogP contribution in [0.3, 0.4) is 0 Å². The van der Waals surface area contributed by atoms with E-state index < -0.39 is 0 Å². The van der Waals surface area contributed by atoms with Gasteiger partial charge in [0.2, 0.25) is 0 Å². The molecule has 1 amide bonds. The van der Waals surface area contributed by atoms with Crippen LogP contribution >= 0.6 is 17.0 Å². The molecule has 0 spiro atoms. The van der Waals surface area contributed by atoms with E-state index in [1.807, 2.05) is 0 Å². The molecule has 1 heterocycles. The Kier molecular flexibility index (Phi) is 18.2. The zero-order valence-electron chi connectivity index (χ0n) is 16.7. The van der Waals surface area contributed by atoms with Gasteiger partial charge in [0, 0.05) is 18.9 Å². The number of amides is 1. The second kappa shape index (κ2) is 18.9. The van der Waals surface area contributed by atoms with Gasteiger partial charge >= 0.3 is 0 Å². The average molecular weight is 427 g/mol. The Hall–Kier alpha value is -0.900. The lowest BCUT2D eigenvalue weighted by Gasteiger charge is -2.05. The minimum Gasteiger partial charge on any atom is -0.352 e. The molecule has 0 aliphatic heterocycles. The van der Waals surface area contributed by atoms with Gasteiger partial charge in [-0.15, -0.1) is 17.0 Å². The number of nitrogens with zero attached hydrogens (tertiary/aromatic N) is 1. The van der Waals surface area contributed by atoms with Crippen molar-refractivity contribution < 1.29 is 4.79 Å². The number of halogens is 1. The summed E-state index contributed by atoms with van der Waals surface area (Å²) in [4.78, 5) is 15.8. The lowest BCUT2D eigenvalue weighted by atomic mass is 10.0. The van der Waals surface area contributed by atoms with Crippen LogP contribution in [0.25, 0.3) is 0 Å². The first kappa shape index (κ1) is 25.1. The van der Waals surface area contributed by atoms with Crippen LogP contribution in [-0.4, -0.2) is 17.4 Å². The monoisotopic (exact) mass is 426 g/mol. The standard InChI is InChI=1S/C22H38N2O.BrH/c1-2-3-4-5-6-7-8-9-10-11-12-13-14-15-19-24-22(25)21-17-16-18-23-20-21;/h16-18,20H,2-15,19H2,1H3,(H,24,25);1H. The number of unbranched alkanes of at least 4 members (excludes halogenated alkanes) is 13. The van der Waals surface area contributed by atoms with Crippen molar-refractivity contribution in [2.45, 2.75) is 96.8 Å². The summed E-state index contributed by atoms with van der Waals surface area (Å²) in [6.07, 6.45) is 22.3. The van der Waals surface area contributed by atoms with Crippen molar-refractivity contribution in [2.24, 2.45) is 0 Å². The maximum atomic E-state index is 11.8. The first-order valence-corrected chi connectivity index (χ1v) is 10.5. The topological polar surface area (TPSA) is 42.0 Å². The number of hydrogen-bond donors (Lipinski definition) is 1. The predicted octanol–water partition coefficient (Wildman–Crippen LogP) is 6.87. The van der Waals surface area contributed by atoms with Crippen LogP contribution in [0.1, 0.15) is 107 Å². The van der Waals surface area contributed by atoms with E-state index in [2.05, 4.69) is 17.2 Å². The molecule has 1 N–H and O–H groups in total. The molecule has 1 aromatic heterocycles. The first-order valence-electron chi connectivity index (χ1n) is 10.5. The average Bonchev–Trinajstić information content (AvgIpc) is 2.65. The molecule has 0 unspecified atom stereocenters. The van der Waals surface area contributed by atoms with Crippen LogP contribution < -0.4 is 5.32 Å². The van der Waals surface area contributed by atoms with E-state index in [0.29, 0.717) is 5.56 Å². The number of carbonyl (C=O) groups excluding carboxylic acids is 1. The lowest BCUT2D eigenvalue weighted by Crippen LogP contribution is -2.24. The van der Waals surface area contributed by atoms with Gasteiger partial charge in [0.05, 0.1) is 5.56 Å². The number of pyridine rings is 1. The molecule has 0 atom stereocenters. The summed E-state index contributed by atoms with van der Waals surface area (Å²) in [7, 11) is 0. The Bertz CT molecular complexity index is 425. The molecule has 4 heteroatoms. The largest absolute Gasteiger partial charge is 0.352 e. The molecular formula is C22H39BrN2O. The van der Waals surface area contributed by atoms with Crippen LogP contribution in [0.4, 0.5) is 0 Å². The van der Waals surface area contributed by atoms with Gasteiger partial charge in [-0.25, -0.2) is 0 Å². The maximum absolute atomic E-state index is 11.8. The van der Waals surface area contributed by atoms with Gasteiger partial charge in [0.15, 0.2) is 0 Å². The second-order valence-corrected chi connectivity index (χ2v) is 7.09. The van der Waals surface area contributed by atoms with E-state index >= 15 is 0 Å². The van der Waals surface area contributed by atoms with E-state index in [1.54, 1.807) is 24.5 Å². The van der Waals surface area contributed by atoms with E-state index in [1.165, 1.54) is 83.5 Å². The van der Waals surface area contributed by atoms with Crippen LogP contribution in [0.2, 0.25) is 0 Å². The molecular weight excluding hydrogens is 388 g/mol. The lowest BCUT2D eigenvalue weighted by molar-refractivity contribution is 0.0952. The molecule has 1 aromatic rings. The molecule has 0 aromatic carbocycles. The van der Waals surface area contributed by atoms with Crippen molar-refractivity contribution in [1.29, 1.82) is 0 Å². The Labute approximate surface area is 171 Å². The third-order valence-electron chi connectivity index (χ3n) is 4.74. The molecule has 0 saturated carbocycles. The van der Waals surface area contributed by atoms with E-state index in [0.717, 1.165) is 13.0 Å². The summed E-state index contributed by atoms with van der Waals surface area (Å²) in [6, 6.07) is 3.59. The molecule has 1 rings (SSSR count). The smallest absolute Gasteiger partial charge is 0.252 e. The highest BCUT2D eigenvalue weighted by Gasteiger charge is 2.03. The van der Waals surface area contributed by atoms with Crippen molar-refractivity contribution in [1.82, 2.24) is 10.3 Å². The number of hydrogen-bond acceptors (Lipinski definition) is 2. The zero-order valence-corrected chi connectivity index (χ0v) is 18.4. The van der Waals surface area contributed by atoms with Gasteiger partial charge in [-0.05, 0) is 18.6 Å². The highest BCUT2D eigenvalue weighted by molar-refractivity contribution is 8.93. The third kappa shape index (κ3) is 14.3. The van der Waals surface area contributed by atoms with Crippen molar-refractivity contribution >= 4 is 22.9 Å². The fraction of sp³-hybridized carbons (Fsp3) is 0.727. The number of rotatable bonds is 16. The number of carbonyl (C=O) groups is 1. The summed E-state index contributed by atoms with van der Waals surface area (Å²) < 4.78 is 0. The fourth-order valence-corrected chi connectivity index (χ4v) is 3.12. The minimum absolute atomic E-state index is 0. The summed E-state index contributed by atoms with van der Waals surface area (Å²) in [5.74, 6) is -0.0113. The van der Waals surface area contributed by atoms with Crippen LogP contribution in [0.5, 0.6) is 0 Å². The van der Waals surface area contributed by atoms with Gasteiger partial charge in [-0.1, -0.05) is 90.4 Å². The Morgan fingerprint density at radius 3 is 1.81 bits per heavy atom. The van der Waals surface area contributed by atoms with E-state index in [-0.39, 0.29) is 22.9 Å². The molecule has 0 saturated heterocycles. The minimum atomic E-state index is -0.0113. The van der Waals surface area contributed by atoms with Crippen molar-refractivity contribution in [2.75, 3.05) is 6.54 Å². The van der Waals surface area contributed by atoms with Crippen molar-refractivity contribution in [3.63, 3.8) is 0 Å². The Balaban J connectivity index is 0.00000625. The maximum Gasteiger partial charge on any atom is 0.252 e. The third-order valence-corrected chi connectivity index (χ3v) is 4.74. The molecule has 0 fully saturated rings. The summed E-state index contributed by atoms with van der Waals surface area (Å²) in [5, 5.41) is 2.96. The Morgan fingerprint density at radius 1 is 0.846 bits per heavy atom. The first-order chi connectivity index (χ1) is 12.3. The molecule has 0 aliphatic rings. The molecule has 0 bridgehead atoms. The highest BCUT2D eigenvalue weighted by Crippen LogP contribution is 2.12. The van der Waals surface area contributed by atoms with E-state index in [4.69, 9.17) is 0 Å². The molecule has 0 aliphatic carbocycles. The molecule has 150 valence electrons. The zero-order chi connectivity index (χ0) is 18.0. The highest BCUT2D eigenvalue weighted by atomic mass is 79.9. The van der Waals surface area contributed by atoms with Gasteiger partial charge in [0.25, 0.3) is 5.91 Å². The normalized spacial score (nSPS) is 10.3. The van der Waals surface area contributed by atoms with Gasteiger partial charge in [0.1, 0.15) is 0 Å². The van der Waals surface area contributed by atoms with Gasteiger partial charge < -0.3 is 5.32 Å². The quantitative estimate of drug-likeness (QED) is 0.293. The SMILES string of the molecule is Br.CCCCCCCCCCCCCCCCNC(=O)c1cccnc1. The summed E-state index contributed by atoms with van der Waals surface area (Å²) in [6.45, 7) is 3.05. The summed E-state index contributed by atoms with van der Waals surface area (Å²) in [5.41, 5.74) is 0.646. The van der Waals surface area contributed by atoms with Crippen molar-refractivity contribution in [3.8, 4) is 0 Å². The molecule has 0 radical (unpaired) electrons. The number of aromatic nitrogens is 1. The molecule has 3 nitrogen and oxygen atoms in total. The van der Waals surface area contributed by atoms with Gasteiger partial charge in [-0.2, -0.15) is 0 Å². The van der Waals surface area contributed by atoms with Crippen LogP contribution in [-0.2, 0) is 0 Å².